The Hall–Kier alpha value is -1.44. The van der Waals surface area contributed by atoms with Crippen LogP contribution in [0.1, 0.15) is 5.56 Å². The number of ether oxygens (including phenoxy) is 1. The van der Waals surface area contributed by atoms with E-state index in [9.17, 15) is 12.8 Å². The summed E-state index contributed by atoms with van der Waals surface area (Å²) in [6, 6.07) is 10.7. The minimum atomic E-state index is -3.73. The van der Waals surface area contributed by atoms with Gasteiger partial charge in [0.15, 0.2) is 0 Å². The molecule has 0 bridgehead atoms. The Morgan fingerprint density at radius 1 is 1.23 bits per heavy atom. The largest absolute Gasteiger partial charge is 0.497 e. The molecule has 0 saturated carbocycles. The van der Waals surface area contributed by atoms with Gasteiger partial charge in [-0.3, -0.25) is 0 Å². The van der Waals surface area contributed by atoms with Gasteiger partial charge in [-0.15, -0.1) is 0 Å². The zero-order valence-electron chi connectivity index (χ0n) is 12.1. The summed E-state index contributed by atoms with van der Waals surface area (Å²) in [5, 5.41) is 0. The first-order valence-corrected chi connectivity index (χ1v) is 8.62. The highest BCUT2D eigenvalue weighted by Gasteiger charge is 2.23. The van der Waals surface area contributed by atoms with E-state index in [0.717, 1.165) is 17.7 Å². The Balaban J connectivity index is 2.28. The Bertz CT molecular complexity index is 780. The van der Waals surface area contributed by atoms with Crippen LogP contribution in [0.3, 0.4) is 0 Å². The van der Waals surface area contributed by atoms with E-state index >= 15 is 0 Å². The molecular weight excluding hydrogens is 373 g/mol. The Kier molecular flexibility index (Phi) is 5.20. The molecule has 0 aromatic heterocycles. The first-order chi connectivity index (χ1) is 10.3. The normalized spacial score (nSPS) is 11.7. The molecule has 0 spiro atoms. The fourth-order valence-corrected chi connectivity index (χ4v) is 4.13. The van der Waals surface area contributed by atoms with Gasteiger partial charge in [-0.25, -0.2) is 12.8 Å². The number of methoxy groups -OCH3 is 1. The number of halogens is 2. The van der Waals surface area contributed by atoms with Gasteiger partial charge < -0.3 is 4.74 Å². The molecule has 2 rings (SSSR count). The minimum Gasteiger partial charge on any atom is -0.497 e. The molecule has 22 heavy (non-hydrogen) atoms. The quantitative estimate of drug-likeness (QED) is 0.789. The lowest BCUT2D eigenvalue weighted by atomic mass is 10.2. The van der Waals surface area contributed by atoms with Crippen molar-refractivity contribution in [3.8, 4) is 5.75 Å². The van der Waals surface area contributed by atoms with E-state index in [1.165, 1.54) is 17.4 Å². The molecule has 118 valence electrons. The minimum absolute atomic E-state index is 0.0271. The van der Waals surface area contributed by atoms with E-state index in [-0.39, 0.29) is 15.9 Å². The molecule has 0 fully saturated rings. The van der Waals surface area contributed by atoms with Gasteiger partial charge in [0.1, 0.15) is 11.6 Å². The van der Waals surface area contributed by atoms with Crippen LogP contribution < -0.4 is 4.74 Å². The van der Waals surface area contributed by atoms with E-state index in [1.807, 2.05) is 6.07 Å². The van der Waals surface area contributed by atoms with E-state index < -0.39 is 15.8 Å². The zero-order valence-corrected chi connectivity index (χ0v) is 14.5. The topological polar surface area (TPSA) is 46.6 Å². The summed E-state index contributed by atoms with van der Waals surface area (Å²) < 4.78 is 44.8. The highest BCUT2D eigenvalue weighted by molar-refractivity contribution is 9.10. The smallest absolute Gasteiger partial charge is 0.244 e. The number of hydrogen-bond donors (Lipinski definition) is 0. The number of hydrogen-bond acceptors (Lipinski definition) is 3. The van der Waals surface area contributed by atoms with Crippen molar-refractivity contribution in [2.24, 2.45) is 0 Å². The van der Waals surface area contributed by atoms with Crippen molar-refractivity contribution >= 4 is 26.0 Å². The van der Waals surface area contributed by atoms with Crippen LogP contribution in [0.25, 0.3) is 0 Å². The summed E-state index contributed by atoms with van der Waals surface area (Å²) in [6.07, 6.45) is 0. The summed E-state index contributed by atoms with van der Waals surface area (Å²) in [6.45, 7) is 0.184. The third-order valence-electron chi connectivity index (χ3n) is 3.12. The van der Waals surface area contributed by atoms with Crippen molar-refractivity contribution in [2.75, 3.05) is 14.2 Å². The van der Waals surface area contributed by atoms with Crippen molar-refractivity contribution in [1.82, 2.24) is 4.31 Å². The molecule has 0 unspecified atom stereocenters. The molecule has 2 aromatic carbocycles. The van der Waals surface area contributed by atoms with Crippen LogP contribution in [-0.2, 0) is 16.6 Å². The number of nitrogens with zero attached hydrogens (tertiary/aromatic N) is 1. The number of sulfonamides is 1. The van der Waals surface area contributed by atoms with Gasteiger partial charge >= 0.3 is 0 Å². The zero-order chi connectivity index (χ0) is 16.3. The molecule has 0 aliphatic heterocycles. The number of rotatable bonds is 5. The Morgan fingerprint density at radius 2 is 1.95 bits per heavy atom. The van der Waals surface area contributed by atoms with Crippen molar-refractivity contribution < 1.29 is 17.5 Å². The lowest BCUT2D eigenvalue weighted by Gasteiger charge is -2.18. The van der Waals surface area contributed by atoms with E-state index in [2.05, 4.69) is 15.9 Å². The molecule has 0 aliphatic rings. The third-order valence-corrected chi connectivity index (χ3v) is 5.90. The Labute approximate surface area is 137 Å². The molecular formula is C15H15BrFNO3S. The molecule has 7 heteroatoms. The fraction of sp³-hybridized carbons (Fsp3) is 0.200. The van der Waals surface area contributed by atoms with Crippen LogP contribution >= 0.6 is 15.9 Å². The molecule has 0 radical (unpaired) electrons. The monoisotopic (exact) mass is 387 g/mol. The van der Waals surface area contributed by atoms with Gasteiger partial charge in [0.05, 0.1) is 12.0 Å². The second-order valence-electron chi connectivity index (χ2n) is 4.69. The van der Waals surface area contributed by atoms with Crippen LogP contribution in [0.2, 0.25) is 0 Å². The number of benzene rings is 2. The van der Waals surface area contributed by atoms with Crippen molar-refractivity contribution in [3.05, 3.63) is 58.3 Å². The van der Waals surface area contributed by atoms with Crippen molar-refractivity contribution in [2.45, 2.75) is 11.4 Å². The predicted molar refractivity (Wildman–Crippen MR) is 85.7 cm³/mol. The molecule has 0 heterocycles. The summed E-state index contributed by atoms with van der Waals surface area (Å²) in [5.74, 6) is 0.160. The summed E-state index contributed by atoms with van der Waals surface area (Å²) in [4.78, 5) is 0.0271. The summed E-state index contributed by atoms with van der Waals surface area (Å²) >= 11 is 3.09. The van der Waals surface area contributed by atoms with Crippen molar-refractivity contribution in [3.63, 3.8) is 0 Å². The average molecular weight is 388 g/mol. The van der Waals surface area contributed by atoms with E-state index in [4.69, 9.17) is 4.74 Å². The van der Waals surface area contributed by atoms with Gasteiger partial charge in [0.25, 0.3) is 0 Å². The molecule has 2 aromatic rings. The molecule has 4 nitrogen and oxygen atoms in total. The fourth-order valence-electron chi connectivity index (χ4n) is 1.97. The van der Waals surface area contributed by atoms with Gasteiger partial charge in [0.2, 0.25) is 10.0 Å². The van der Waals surface area contributed by atoms with E-state index in [0.29, 0.717) is 5.75 Å². The van der Waals surface area contributed by atoms with Gasteiger partial charge in [-0.2, -0.15) is 4.31 Å². The van der Waals surface area contributed by atoms with Gasteiger partial charge in [0, 0.05) is 18.1 Å². The second-order valence-corrected chi connectivity index (χ2v) is 7.55. The molecule has 0 atom stereocenters. The predicted octanol–water partition coefficient (Wildman–Crippen LogP) is 3.42. The van der Waals surface area contributed by atoms with Crippen LogP contribution in [0, 0.1) is 5.82 Å². The van der Waals surface area contributed by atoms with E-state index in [1.54, 1.807) is 25.3 Å². The first-order valence-electron chi connectivity index (χ1n) is 6.39. The Morgan fingerprint density at radius 3 is 2.59 bits per heavy atom. The highest BCUT2D eigenvalue weighted by Crippen LogP contribution is 2.26. The first kappa shape index (κ1) is 16.9. The third kappa shape index (κ3) is 3.66. The van der Waals surface area contributed by atoms with Crippen LogP contribution in [0.5, 0.6) is 5.75 Å². The van der Waals surface area contributed by atoms with Crippen LogP contribution in [-0.4, -0.2) is 26.9 Å². The molecule has 0 saturated heterocycles. The average Bonchev–Trinajstić information content (AvgIpc) is 2.47. The maximum atomic E-state index is 13.1. The standard InChI is InChI=1S/C15H15BrFNO3S/c1-18(10-11-4-3-5-13(8-11)21-2)22(19,20)15-7-6-12(17)9-14(15)16/h3-9H,10H2,1-2H3. The summed E-state index contributed by atoms with van der Waals surface area (Å²) in [5.41, 5.74) is 0.795. The lowest BCUT2D eigenvalue weighted by molar-refractivity contribution is 0.412. The summed E-state index contributed by atoms with van der Waals surface area (Å²) in [7, 11) is -0.698. The maximum absolute atomic E-state index is 13.1. The van der Waals surface area contributed by atoms with Gasteiger partial charge in [-0.1, -0.05) is 12.1 Å². The maximum Gasteiger partial charge on any atom is 0.244 e. The SMILES string of the molecule is COc1cccc(CN(C)S(=O)(=O)c2ccc(F)cc2Br)c1. The van der Waals surface area contributed by atoms with Gasteiger partial charge in [-0.05, 0) is 51.8 Å². The molecule has 0 aliphatic carbocycles. The lowest BCUT2D eigenvalue weighted by Crippen LogP contribution is -2.26. The molecule has 0 amide bonds. The molecule has 0 N–H and O–H groups in total. The van der Waals surface area contributed by atoms with Crippen LogP contribution in [0.15, 0.2) is 51.8 Å². The second kappa shape index (κ2) is 6.76. The van der Waals surface area contributed by atoms with Crippen molar-refractivity contribution in [1.29, 1.82) is 0 Å². The van der Waals surface area contributed by atoms with Crippen LogP contribution in [0.4, 0.5) is 4.39 Å². The highest BCUT2D eigenvalue weighted by atomic mass is 79.9.